The minimum Gasteiger partial charge on any atom is -0.453 e. The van der Waals surface area contributed by atoms with Crippen LogP contribution >= 0.6 is 15.9 Å². The summed E-state index contributed by atoms with van der Waals surface area (Å²) in [5, 5.41) is 3.16. The summed E-state index contributed by atoms with van der Waals surface area (Å²) in [6, 6.07) is 3.28. The highest BCUT2D eigenvalue weighted by Crippen LogP contribution is 2.21. The molecule has 0 saturated heterocycles. The van der Waals surface area contributed by atoms with Gasteiger partial charge in [0.25, 0.3) is 0 Å². The van der Waals surface area contributed by atoms with Crippen LogP contribution in [0.4, 0.5) is 0 Å². The molecule has 1 aromatic heterocycles. The third-order valence-corrected chi connectivity index (χ3v) is 2.85. The van der Waals surface area contributed by atoms with E-state index in [1.165, 1.54) is 0 Å². The number of amides is 1. The maximum atomic E-state index is 11.2. The predicted molar refractivity (Wildman–Crippen MR) is 65.8 cm³/mol. The van der Waals surface area contributed by atoms with Gasteiger partial charge < -0.3 is 10.2 Å². The van der Waals surface area contributed by atoms with E-state index in [9.17, 15) is 4.79 Å². The van der Waals surface area contributed by atoms with Crippen molar-refractivity contribution in [1.29, 1.82) is 0 Å². The maximum Gasteiger partial charge on any atom is 0.234 e. The number of halogens is 1. The summed E-state index contributed by atoms with van der Waals surface area (Å²) in [4.78, 5) is 11.2. The molecule has 5 heteroatoms. The molecule has 3 N–H and O–H groups in total. The Morgan fingerprint density at radius 3 is 2.44 bits per heavy atom. The third kappa shape index (κ3) is 3.35. The summed E-state index contributed by atoms with van der Waals surface area (Å²) in [5.74, 6) is 0.588. The van der Waals surface area contributed by atoms with Gasteiger partial charge in [0.15, 0.2) is 4.67 Å². The van der Waals surface area contributed by atoms with E-state index in [-0.39, 0.29) is 23.9 Å². The molecule has 2 unspecified atom stereocenters. The Labute approximate surface area is 104 Å². The minimum absolute atomic E-state index is 0.0498. The van der Waals surface area contributed by atoms with Crippen molar-refractivity contribution in [2.75, 3.05) is 0 Å². The van der Waals surface area contributed by atoms with Crippen LogP contribution < -0.4 is 11.1 Å². The number of primary amides is 1. The second-order valence-electron chi connectivity index (χ2n) is 4.15. The highest BCUT2D eigenvalue weighted by atomic mass is 79.9. The molecule has 0 radical (unpaired) electrons. The van der Waals surface area contributed by atoms with Gasteiger partial charge in [-0.2, -0.15) is 0 Å². The molecular formula is C11H17BrN2O2. The largest absolute Gasteiger partial charge is 0.453 e. The topological polar surface area (TPSA) is 68.3 Å². The van der Waals surface area contributed by atoms with Gasteiger partial charge in [-0.15, -0.1) is 0 Å². The lowest BCUT2D eigenvalue weighted by molar-refractivity contribution is -0.121. The fraction of sp³-hybridized carbons (Fsp3) is 0.545. The highest BCUT2D eigenvalue weighted by Gasteiger charge is 2.22. The Hall–Kier alpha value is -0.810. The molecule has 0 aliphatic carbocycles. The van der Waals surface area contributed by atoms with E-state index in [1.54, 1.807) is 0 Å². The monoisotopic (exact) mass is 288 g/mol. The molecule has 0 aliphatic rings. The fourth-order valence-corrected chi connectivity index (χ4v) is 1.83. The van der Waals surface area contributed by atoms with Gasteiger partial charge in [-0.3, -0.25) is 10.1 Å². The smallest absolute Gasteiger partial charge is 0.234 e. The van der Waals surface area contributed by atoms with E-state index in [1.807, 2.05) is 32.9 Å². The van der Waals surface area contributed by atoms with Crippen molar-refractivity contribution in [3.8, 4) is 0 Å². The van der Waals surface area contributed by atoms with Crippen LogP contribution in [0.3, 0.4) is 0 Å². The van der Waals surface area contributed by atoms with Crippen LogP contribution in [0.15, 0.2) is 21.2 Å². The van der Waals surface area contributed by atoms with Gasteiger partial charge >= 0.3 is 0 Å². The Kier molecular flexibility index (Phi) is 4.56. The van der Waals surface area contributed by atoms with E-state index in [0.29, 0.717) is 4.67 Å². The molecule has 0 saturated carbocycles. The van der Waals surface area contributed by atoms with Gasteiger partial charge in [0, 0.05) is 0 Å². The summed E-state index contributed by atoms with van der Waals surface area (Å²) >= 11 is 3.24. The van der Waals surface area contributed by atoms with Crippen LogP contribution in [0.5, 0.6) is 0 Å². The molecule has 0 spiro atoms. The van der Waals surface area contributed by atoms with E-state index >= 15 is 0 Å². The molecule has 0 aromatic carbocycles. The molecule has 1 amide bonds. The van der Waals surface area contributed by atoms with Crippen LogP contribution in [0.1, 0.15) is 32.6 Å². The van der Waals surface area contributed by atoms with Crippen molar-refractivity contribution < 1.29 is 9.21 Å². The number of hydrogen-bond donors (Lipinski definition) is 2. The summed E-state index contributed by atoms with van der Waals surface area (Å²) < 4.78 is 6.08. The highest BCUT2D eigenvalue weighted by molar-refractivity contribution is 9.10. The number of nitrogens with one attached hydrogen (secondary N) is 1. The van der Waals surface area contributed by atoms with Gasteiger partial charge in [-0.25, -0.2) is 0 Å². The third-order valence-electron chi connectivity index (χ3n) is 2.42. The Balaban J connectivity index is 2.68. The van der Waals surface area contributed by atoms with Crippen molar-refractivity contribution >= 4 is 21.8 Å². The van der Waals surface area contributed by atoms with E-state index in [4.69, 9.17) is 10.2 Å². The van der Waals surface area contributed by atoms with Crippen LogP contribution in [-0.4, -0.2) is 11.9 Å². The molecule has 16 heavy (non-hydrogen) atoms. The SMILES string of the molecule is CC(NC(C(N)=O)C(C)C)c1ccc(Br)o1. The molecule has 90 valence electrons. The van der Waals surface area contributed by atoms with Crippen molar-refractivity contribution in [3.63, 3.8) is 0 Å². The van der Waals surface area contributed by atoms with Crippen molar-refractivity contribution in [2.24, 2.45) is 11.7 Å². The number of furan rings is 1. The lowest BCUT2D eigenvalue weighted by atomic mass is 10.0. The lowest BCUT2D eigenvalue weighted by Crippen LogP contribution is -2.45. The zero-order valence-corrected chi connectivity index (χ0v) is 11.2. The van der Waals surface area contributed by atoms with Gasteiger partial charge in [0.05, 0.1) is 12.1 Å². The first-order valence-electron chi connectivity index (χ1n) is 5.22. The normalized spacial score (nSPS) is 15.1. The van der Waals surface area contributed by atoms with E-state index in [0.717, 1.165) is 5.76 Å². The molecule has 0 fully saturated rings. The van der Waals surface area contributed by atoms with E-state index < -0.39 is 0 Å². The number of rotatable bonds is 5. The second-order valence-corrected chi connectivity index (χ2v) is 4.94. The van der Waals surface area contributed by atoms with Gasteiger partial charge in [0.2, 0.25) is 5.91 Å². The molecule has 1 aromatic rings. The van der Waals surface area contributed by atoms with Crippen LogP contribution in [0.25, 0.3) is 0 Å². The summed E-state index contributed by atoms with van der Waals surface area (Å²) in [7, 11) is 0. The van der Waals surface area contributed by atoms with Gasteiger partial charge in [-0.1, -0.05) is 13.8 Å². The maximum absolute atomic E-state index is 11.2. The van der Waals surface area contributed by atoms with Gasteiger partial charge in [0.1, 0.15) is 5.76 Å². The first kappa shape index (κ1) is 13.3. The summed E-state index contributed by atoms with van der Waals surface area (Å²) in [6.07, 6.45) is 0. The van der Waals surface area contributed by atoms with E-state index in [2.05, 4.69) is 21.2 Å². The first-order valence-corrected chi connectivity index (χ1v) is 6.01. The second kappa shape index (κ2) is 5.50. The summed E-state index contributed by atoms with van der Waals surface area (Å²) in [6.45, 7) is 5.84. The molecule has 2 atom stereocenters. The van der Waals surface area contributed by atoms with Crippen LogP contribution in [0, 0.1) is 5.92 Å². The van der Waals surface area contributed by atoms with Crippen molar-refractivity contribution in [1.82, 2.24) is 5.32 Å². The molecular weight excluding hydrogens is 272 g/mol. The number of carbonyl (C=O) groups is 1. The van der Waals surface area contributed by atoms with Crippen LogP contribution in [-0.2, 0) is 4.79 Å². The fourth-order valence-electron chi connectivity index (χ4n) is 1.52. The zero-order chi connectivity index (χ0) is 12.3. The predicted octanol–water partition coefficient (Wildman–Crippen LogP) is 2.20. The average Bonchev–Trinajstić information content (AvgIpc) is 2.59. The number of carbonyl (C=O) groups excluding carboxylic acids is 1. The Morgan fingerprint density at radius 1 is 1.44 bits per heavy atom. The summed E-state index contributed by atoms with van der Waals surface area (Å²) in [5.41, 5.74) is 5.33. The van der Waals surface area contributed by atoms with Crippen LogP contribution in [0.2, 0.25) is 0 Å². The number of nitrogens with two attached hydrogens (primary N) is 1. The number of hydrogen-bond acceptors (Lipinski definition) is 3. The minimum atomic E-state index is -0.348. The standard InChI is InChI=1S/C11H17BrN2O2/c1-6(2)10(11(13)15)14-7(3)8-4-5-9(12)16-8/h4-7,10,14H,1-3H3,(H2,13,15). The Bertz CT molecular complexity index is 363. The molecule has 0 aliphatic heterocycles. The quantitative estimate of drug-likeness (QED) is 0.873. The van der Waals surface area contributed by atoms with Crippen molar-refractivity contribution in [2.45, 2.75) is 32.9 Å². The molecule has 1 rings (SSSR count). The van der Waals surface area contributed by atoms with Crippen molar-refractivity contribution in [3.05, 3.63) is 22.6 Å². The molecule has 1 heterocycles. The first-order chi connectivity index (χ1) is 7.41. The lowest BCUT2D eigenvalue weighted by Gasteiger charge is -2.22. The Morgan fingerprint density at radius 2 is 2.06 bits per heavy atom. The average molecular weight is 289 g/mol. The molecule has 4 nitrogen and oxygen atoms in total. The molecule has 0 bridgehead atoms. The zero-order valence-electron chi connectivity index (χ0n) is 9.66. The van der Waals surface area contributed by atoms with Gasteiger partial charge in [-0.05, 0) is 40.9 Å².